The number of allylic oxidation sites excluding steroid dienone is 3. The molecule has 0 N–H and O–H groups in total. The molecule has 3 rings (SSSR count). The largest absolute Gasteiger partial charge is 0.0998 e. The van der Waals surface area contributed by atoms with Gasteiger partial charge in [0.2, 0.25) is 0 Å². The maximum Gasteiger partial charge on any atom is -0.00550 e. The molecule has 0 fully saturated rings. The van der Waals surface area contributed by atoms with Crippen molar-refractivity contribution in [2.75, 3.05) is 0 Å². The zero-order chi connectivity index (χ0) is 11.1. The molecule has 82 valence electrons. The summed E-state index contributed by atoms with van der Waals surface area (Å²) in [7, 11) is 0. The minimum Gasteiger partial charge on any atom is -0.0998 e. The summed E-state index contributed by atoms with van der Waals surface area (Å²) in [6, 6.07) is 8.90. The highest BCUT2D eigenvalue weighted by atomic mass is 14.3. The van der Waals surface area contributed by atoms with Gasteiger partial charge in [-0.1, -0.05) is 42.0 Å². The van der Waals surface area contributed by atoms with Gasteiger partial charge < -0.3 is 0 Å². The van der Waals surface area contributed by atoms with Crippen molar-refractivity contribution in [3.8, 4) is 0 Å². The molecule has 2 aliphatic rings. The smallest absolute Gasteiger partial charge is 0.00550 e. The fraction of sp³-hybridized carbons (Fsp3) is 0.375. The van der Waals surface area contributed by atoms with E-state index in [0.29, 0.717) is 5.92 Å². The molecule has 0 aromatic heterocycles. The highest BCUT2D eigenvalue weighted by molar-refractivity contribution is 5.77. The molecule has 1 atom stereocenters. The van der Waals surface area contributed by atoms with Crippen molar-refractivity contribution in [2.45, 2.75) is 32.6 Å². The molecule has 2 aliphatic carbocycles. The van der Waals surface area contributed by atoms with Crippen molar-refractivity contribution in [1.29, 1.82) is 0 Å². The summed E-state index contributed by atoms with van der Waals surface area (Å²) in [5.41, 5.74) is 7.74. The van der Waals surface area contributed by atoms with Gasteiger partial charge in [0.1, 0.15) is 0 Å². The molecular formula is C16H18. The van der Waals surface area contributed by atoms with Gasteiger partial charge in [-0.2, -0.15) is 0 Å². The first-order chi connectivity index (χ1) is 7.75. The molecule has 0 heterocycles. The Kier molecular flexibility index (Phi) is 2.24. The van der Waals surface area contributed by atoms with Crippen molar-refractivity contribution in [3.05, 3.63) is 53.1 Å². The lowest BCUT2D eigenvalue weighted by Gasteiger charge is -2.24. The standard InChI is InChI=1S/C16H18/c1-11(2)12-7-8-14-9-13-5-3-4-6-15(13)16(14)10-12/h3-6,12H,1,7-10H2,2H3. The summed E-state index contributed by atoms with van der Waals surface area (Å²) in [6.07, 6.45) is 5.01. The third kappa shape index (κ3) is 1.44. The lowest BCUT2D eigenvalue weighted by atomic mass is 9.81. The number of fused-ring (bicyclic) bond motifs is 2. The van der Waals surface area contributed by atoms with E-state index in [0.717, 1.165) is 0 Å². The molecule has 0 spiro atoms. The van der Waals surface area contributed by atoms with Gasteiger partial charge >= 0.3 is 0 Å². The van der Waals surface area contributed by atoms with Crippen molar-refractivity contribution in [3.63, 3.8) is 0 Å². The second-order valence-corrected chi connectivity index (χ2v) is 5.20. The average molecular weight is 210 g/mol. The minimum absolute atomic E-state index is 0.713. The van der Waals surface area contributed by atoms with E-state index < -0.39 is 0 Å². The van der Waals surface area contributed by atoms with E-state index in [9.17, 15) is 0 Å². The van der Waals surface area contributed by atoms with Crippen LogP contribution in [0.4, 0.5) is 0 Å². The summed E-state index contributed by atoms with van der Waals surface area (Å²) < 4.78 is 0. The molecule has 16 heavy (non-hydrogen) atoms. The third-order valence-electron chi connectivity index (χ3n) is 4.12. The zero-order valence-corrected chi connectivity index (χ0v) is 9.92. The summed E-state index contributed by atoms with van der Waals surface area (Å²) >= 11 is 0. The van der Waals surface area contributed by atoms with Gasteiger partial charge in [-0.05, 0) is 55.2 Å². The molecule has 0 saturated carbocycles. The van der Waals surface area contributed by atoms with E-state index >= 15 is 0 Å². The summed E-state index contributed by atoms with van der Waals surface area (Å²) in [4.78, 5) is 0. The van der Waals surface area contributed by atoms with Gasteiger partial charge in [0.15, 0.2) is 0 Å². The lowest BCUT2D eigenvalue weighted by Crippen LogP contribution is -2.08. The fourth-order valence-electron chi connectivity index (χ4n) is 3.11. The van der Waals surface area contributed by atoms with Crippen LogP contribution in [0.15, 0.2) is 42.0 Å². The number of benzene rings is 1. The highest BCUT2D eigenvalue weighted by Crippen LogP contribution is 2.44. The van der Waals surface area contributed by atoms with E-state index in [2.05, 4.69) is 37.8 Å². The van der Waals surface area contributed by atoms with E-state index in [1.165, 1.54) is 42.4 Å². The Morgan fingerprint density at radius 3 is 2.94 bits per heavy atom. The fourth-order valence-corrected chi connectivity index (χ4v) is 3.11. The predicted octanol–water partition coefficient (Wildman–Crippen LogP) is 4.37. The quantitative estimate of drug-likeness (QED) is 0.604. The maximum absolute atomic E-state index is 4.13. The van der Waals surface area contributed by atoms with Crippen molar-refractivity contribution < 1.29 is 0 Å². The van der Waals surface area contributed by atoms with Crippen molar-refractivity contribution in [2.24, 2.45) is 5.92 Å². The van der Waals surface area contributed by atoms with Gasteiger partial charge in [-0.25, -0.2) is 0 Å². The minimum atomic E-state index is 0.713. The van der Waals surface area contributed by atoms with Crippen molar-refractivity contribution in [1.82, 2.24) is 0 Å². The molecule has 0 radical (unpaired) electrons. The summed E-state index contributed by atoms with van der Waals surface area (Å²) in [6.45, 7) is 6.30. The van der Waals surface area contributed by atoms with Gasteiger partial charge in [-0.3, -0.25) is 0 Å². The van der Waals surface area contributed by atoms with E-state index in [-0.39, 0.29) is 0 Å². The molecule has 0 aliphatic heterocycles. The molecule has 0 heteroatoms. The molecule has 0 amide bonds. The first-order valence-electron chi connectivity index (χ1n) is 6.20. The monoisotopic (exact) mass is 210 g/mol. The second kappa shape index (κ2) is 3.62. The molecule has 1 unspecified atom stereocenters. The predicted molar refractivity (Wildman–Crippen MR) is 69.2 cm³/mol. The molecule has 1 aromatic carbocycles. The number of rotatable bonds is 1. The van der Waals surface area contributed by atoms with Crippen LogP contribution in [-0.4, -0.2) is 0 Å². The third-order valence-corrected chi connectivity index (χ3v) is 4.12. The number of hydrogen-bond acceptors (Lipinski definition) is 0. The Bertz CT molecular complexity index is 477. The highest BCUT2D eigenvalue weighted by Gasteiger charge is 2.27. The SMILES string of the molecule is C=C(C)C1CCC2=C(C1)c1ccccc1C2. The Morgan fingerprint density at radius 2 is 2.12 bits per heavy atom. The van der Waals surface area contributed by atoms with Gasteiger partial charge in [0, 0.05) is 0 Å². The molecule has 0 saturated heterocycles. The van der Waals surface area contributed by atoms with Crippen LogP contribution >= 0.6 is 0 Å². The van der Waals surface area contributed by atoms with E-state index in [4.69, 9.17) is 0 Å². The van der Waals surface area contributed by atoms with Gasteiger partial charge in [0.25, 0.3) is 0 Å². The van der Waals surface area contributed by atoms with Crippen LogP contribution in [-0.2, 0) is 6.42 Å². The average Bonchev–Trinajstić information content (AvgIpc) is 2.66. The molecule has 0 bridgehead atoms. The first-order valence-corrected chi connectivity index (χ1v) is 6.20. The Morgan fingerprint density at radius 1 is 1.31 bits per heavy atom. The Labute approximate surface area is 97.7 Å². The summed E-state index contributed by atoms with van der Waals surface area (Å²) in [5.74, 6) is 0.713. The van der Waals surface area contributed by atoms with Gasteiger partial charge in [-0.15, -0.1) is 0 Å². The Balaban J connectivity index is 1.97. The summed E-state index contributed by atoms with van der Waals surface area (Å²) in [5, 5.41) is 0. The van der Waals surface area contributed by atoms with Crippen LogP contribution < -0.4 is 0 Å². The van der Waals surface area contributed by atoms with Crippen molar-refractivity contribution >= 4 is 5.57 Å². The molecular weight excluding hydrogens is 192 g/mol. The number of hydrogen-bond donors (Lipinski definition) is 0. The van der Waals surface area contributed by atoms with E-state index in [1.807, 2.05) is 0 Å². The maximum atomic E-state index is 4.13. The van der Waals surface area contributed by atoms with Crippen LogP contribution in [0.2, 0.25) is 0 Å². The van der Waals surface area contributed by atoms with Crippen LogP contribution in [0.25, 0.3) is 5.57 Å². The normalized spacial score (nSPS) is 22.9. The lowest BCUT2D eigenvalue weighted by molar-refractivity contribution is 0.550. The topological polar surface area (TPSA) is 0 Å². The molecule has 1 aromatic rings. The van der Waals surface area contributed by atoms with Crippen LogP contribution in [0.1, 0.15) is 37.3 Å². The zero-order valence-electron chi connectivity index (χ0n) is 9.92. The second-order valence-electron chi connectivity index (χ2n) is 5.20. The molecule has 0 nitrogen and oxygen atoms in total. The Hall–Kier alpha value is -1.30. The van der Waals surface area contributed by atoms with Gasteiger partial charge in [0.05, 0.1) is 0 Å². The van der Waals surface area contributed by atoms with Crippen LogP contribution in [0, 0.1) is 5.92 Å². The van der Waals surface area contributed by atoms with E-state index in [1.54, 1.807) is 11.1 Å². The first kappa shape index (κ1) is 9.89. The van der Waals surface area contributed by atoms with Crippen LogP contribution in [0.5, 0.6) is 0 Å². The van der Waals surface area contributed by atoms with Crippen LogP contribution in [0.3, 0.4) is 0 Å².